The summed E-state index contributed by atoms with van der Waals surface area (Å²) in [4.78, 5) is 13.7. The van der Waals surface area contributed by atoms with Gasteiger partial charge in [0.05, 0.1) is 11.4 Å². The van der Waals surface area contributed by atoms with Gasteiger partial charge in [-0.2, -0.15) is 0 Å². The number of halogens is 1. The fourth-order valence-corrected chi connectivity index (χ4v) is 2.98. The van der Waals surface area contributed by atoms with Gasteiger partial charge in [-0.15, -0.1) is 10.2 Å². The zero-order valence-corrected chi connectivity index (χ0v) is 15.3. The maximum absolute atomic E-state index is 9.55. The molecular formula is C19H17ClN4O3. The van der Waals surface area contributed by atoms with Crippen molar-refractivity contribution in [3.05, 3.63) is 76.3 Å². The van der Waals surface area contributed by atoms with Gasteiger partial charge in [-0.05, 0) is 18.2 Å². The number of fused-ring (bicyclic) bond motifs is 3. The van der Waals surface area contributed by atoms with Crippen LogP contribution in [-0.4, -0.2) is 36.7 Å². The number of nitrogens with zero attached hydrogens (tertiary/aromatic N) is 4. The first-order valence-electron chi connectivity index (χ1n) is 8.15. The summed E-state index contributed by atoms with van der Waals surface area (Å²) in [5, 5.41) is 25.8. The van der Waals surface area contributed by atoms with Crippen molar-refractivity contribution in [1.82, 2.24) is 14.8 Å². The zero-order chi connectivity index (χ0) is 19.4. The van der Waals surface area contributed by atoms with Crippen LogP contribution < -0.4 is 0 Å². The largest absolute Gasteiger partial charge is 0.481 e. The Kier molecular flexibility index (Phi) is 5.63. The van der Waals surface area contributed by atoms with E-state index in [2.05, 4.69) is 10.2 Å². The molecule has 27 heavy (non-hydrogen) atoms. The van der Waals surface area contributed by atoms with Crippen molar-refractivity contribution in [2.24, 2.45) is 4.99 Å². The van der Waals surface area contributed by atoms with Crippen LogP contribution in [0.3, 0.4) is 0 Å². The van der Waals surface area contributed by atoms with E-state index in [0.717, 1.165) is 29.4 Å². The van der Waals surface area contributed by atoms with Crippen molar-refractivity contribution in [2.45, 2.75) is 20.1 Å². The van der Waals surface area contributed by atoms with Crippen molar-refractivity contribution in [3.63, 3.8) is 0 Å². The molecule has 0 aliphatic carbocycles. The minimum absolute atomic E-state index is 0.185. The van der Waals surface area contributed by atoms with E-state index in [9.17, 15) is 5.11 Å². The van der Waals surface area contributed by atoms with Crippen LogP contribution in [-0.2, 0) is 17.9 Å². The van der Waals surface area contributed by atoms with Crippen LogP contribution in [0.15, 0.2) is 53.5 Å². The lowest BCUT2D eigenvalue weighted by Gasteiger charge is -2.13. The molecule has 0 fully saturated rings. The van der Waals surface area contributed by atoms with Gasteiger partial charge in [0.15, 0.2) is 11.6 Å². The Balaban J connectivity index is 0.000000481. The third-order valence-corrected chi connectivity index (χ3v) is 4.05. The van der Waals surface area contributed by atoms with Crippen LogP contribution in [0.1, 0.15) is 29.7 Å². The number of carboxylic acid groups (broad SMARTS) is 1. The molecule has 4 rings (SSSR count). The first kappa shape index (κ1) is 18.8. The molecule has 2 N–H and O–H groups in total. The number of aliphatic carboxylic acids is 1. The van der Waals surface area contributed by atoms with Crippen LogP contribution in [0.25, 0.3) is 5.69 Å². The highest BCUT2D eigenvalue weighted by atomic mass is 35.5. The number of hydrogen-bond donors (Lipinski definition) is 2. The van der Waals surface area contributed by atoms with E-state index in [1.807, 2.05) is 53.1 Å². The molecule has 0 amide bonds. The van der Waals surface area contributed by atoms with Crippen LogP contribution in [0, 0.1) is 0 Å². The lowest BCUT2D eigenvalue weighted by Crippen LogP contribution is -2.09. The number of carbonyl (C=O) groups is 1. The summed E-state index contributed by atoms with van der Waals surface area (Å²) in [5.74, 6) is 0.358. The highest BCUT2D eigenvalue weighted by Gasteiger charge is 2.22. The molecule has 2 heterocycles. The highest BCUT2D eigenvalue weighted by molar-refractivity contribution is 6.31. The molecule has 0 saturated carbocycles. The normalized spacial score (nSPS) is 12.0. The molecule has 1 aromatic heterocycles. The van der Waals surface area contributed by atoms with Gasteiger partial charge in [0.1, 0.15) is 13.2 Å². The quantitative estimate of drug-likeness (QED) is 0.707. The first-order chi connectivity index (χ1) is 13.0. The lowest BCUT2D eigenvalue weighted by atomic mass is 10.0. The van der Waals surface area contributed by atoms with Crippen LogP contribution in [0.5, 0.6) is 0 Å². The minimum atomic E-state index is -0.833. The molecule has 1 aliphatic heterocycles. The van der Waals surface area contributed by atoms with Crippen molar-refractivity contribution < 1.29 is 15.0 Å². The monoisotopic (exact) mass is 384 g/mol. The Bertz CT molecular complexity index is 995. The van der Waals surface area contributed by atoms with Gasteiger partial charge in [-0.3, -0.25) is 14.4 Å². The van der Waals surface area contributed by atoms with Gasteiger partial charge in [-0.25, -0.2) is 0 Å². The first-order valence-corrected chi connectivity index (χ1v) is 8.52. The number of aromatic nitrogens is 3. The second-order valence-electron chi connectivity index (χ2n) is 5.74. The average Bonchev–Trinajstić information content (AvgIpc) is 2.98. The van der Waals surface area contributed by atoms with Crippen molar-refractivity contribution in [1.29, 1.82) is 0 Å². The van der Waals surface area contributed by atoms with E-state index in [4.69, 9.17) is 26.5 Å². The van der Waals surface area contributed by atoms with Gasteiger partial charge >= 0.3 is 0 Å². The fraction of sp³-hybridized carbons (Fsp3) is 0.158. The minimum Gasteiger partial charge on any atom is -0.481 e. The second kappa shape index (κ2) is 8.11. The fourth-order valence-electron chi connectivity index (χ4n) is 2.81. The van der Waals surface area contributed by atoms with Crippen molar-refractivity contribution in [3.8, 4) is 5.69 Å². The average molecular weight is 385 g/mol. The number of hydrogen-bond acceptors (Lipinski definition) is 5. The SMILES string of the molecule is CC(=O)O.OCc1nnc2n1-c1ccc(Cl)cc1C(c1ccccc1)=NC2. The molecule has 0 radical (unpaired) electrons. The molecule has 3 aromatic rings. The molecule has 8 heteroatoms. The van der Waals surface area contributed by atoms with E-state index in [1.165, 1.54) is 0 Å². The Hall–Kier alpha value is -3.03. The standard InChI is InChI=1S/C17H13ClN4O.C2H4O2/c18-12-6-7-14-13(8-12)17(11-4-2-1-3-5-11)19-9-15-20-21-16(10-23)22(14)15;1-2(3)4/h1-8,23H,9-10H2;1H3,(H,3,4). The van der Waals surface area contributed by atoms with Gasteiger partial charge in [0, 0.05) is 23.1 Å². The number of aliphatic imine (C=N–C) groups is 1. The molecule has 0 saturated heterocycles. The summed E-state index contributed by atoms with van der Waals surface area (Å²) in [6.07, 6.45) is 0. The molecule has 2 aromatic carbocycles. The topological polar surface area (TPSA) is 101 Å². The number of aliphatic hydroxyl groups excluding tert-OH is 1. The third-order valence-electron chi connectivity index (χ3n) is 3.82. The van der Waals surface area contributed by atoms with E-state index in [0.29, 0.717) is 23.2 Å². The molecule has 0 atom stereocenters. The van der Waals surface area contributed by atoms with E-state index in [1.54, 1.807) is 0 Å². The van der Waals surface area contributed by atoms with E-state index in [-0.39, 0.29) is 6.61 Å². The Morgan fingerprint density at radius 2 is 1.89 bits per heavy atom. The summed E-state index contributed by atoms with van der Waals surface area (Å²) < 4.78 is 1.85. The predicted octanol–water partition coefficient (Wildman–Crippen LogP) is 2.85. The van der Waals surface area contributed by atoms with Gasteiger partial charge in [-0.1, -0.05) is 41.9 Å². The zero-order valence-electron chi connectivity index (χ0n) is 14.5. The third kappa shape index (κ3) is 4.05. The smallest absolute Gasteiger partial charge is 0.300 e. The van der Waals surface area contributed by atoms with Crippen molar-refractivity contribution >= 4 is 23.3 Å². The Morgan fingerprint density at radius 1 is 1.19 bits per heavy atom. The van der Waals surface area contributed by atoms with Gasteiger partial charge in [0.25, 0.3) is 5.97 Å². The molecule has 1 aliphatic rings. The lowest BCUT2D eigenvalue weighted by molar-refractivity contribution is -0.134. The van der Waals surface area contributed by atoms with Crippen LogP contribution >= 0.6 is 11.6 Å². The van der Waals surface area contributed by atoms with E-state index >= 15 is 0 Å². The van der Waals surface area contributed by atoms with Crippen molar-refractivity contribution in [2.75, 3.05) is 0 Å². The van der Waals surface area contributed by atoms with Gasteiger partial charge < -0.3 is 10.2 Å². The maximum Gasteiger partial charge on any atom is 0.300 e. The molecule has 0 unspecified atom stereocenters. The number of aliphatic hydroxyl groups is 1. The van der Waals surface area contributed by atoms with Crippen LogP contribution in [0.2, 0.25) is 5.02 Å². The summed E-state index contributed by atoms with van der Waals surface area (Å²) >= 11 is 6.21. The van der Waals surface area contributed by atoms with Gasteiger partial charge in [0.2, 0.25) is 0 Å². The molecule has 0 bridgehead atoms. The highest BCUT2D eigenvalue weighted by Crippen LogP contribution is 2.28. The molecule has 138 valence electrons. The Morgan fingerprint density at radius 3 is 2.56 bits per heavy atom. The summed E-state index contributed by atoms with van der Waals surface area (Å²) in [5.41, 5.74) is 3.65. The van der Waals surface area contributed by atoms with Crippen LogP contribution in [0.4, 0.5) is 0 Å². The summed E-state index contributed by atoms with van der Waals surface area (Å²) in [6, 6.07) is 15.6. The second-order valence-corrected chi connectivity index (χ2v) is 6.17. The summed E-state index contributed by atoms with van der Waals surface area (Å²) in [6.45, 7) is 1.29. The molecule has 7 nitrogen and oxygen atoms in total. The van der Waals surface area contributed by atoms with E-state index < -0.39 is 5.97 Å². The number of benzene rings is 2. The number of carboxylic acids is 1. The Labute approximate surface area is 160 Å². The molecular weight excluding hydrogens is 368 g/mol. The predicted molar refractivity (Wildman–Crippen MR) is 101 cm³/mol. The number of rotatable bonds is 2. The molecule has 0 spiro atoms. The maximum atomic E-state index is 9.55. The summed E-state index contributed by atoms with van der Waals surface area (Å²) in [7, 11) is 0.